The monoisotopic (exact) mass is 994 g/mol. The minimum atomic E-state index is -1.39. The van der Waals surface area contributed by atoms with Crippen molar-refractivity contribution in [2.24, 2.45) is 42.0 Å². The molecule has 23 heteroatoms. The van der Waals surface area contributed by atoms with Crippen LogP contribution < -0.4 is 49.1 Å². The lowest BCUT2D eigenvalue weighted by Gasteiger charge is -2.30. The quantitative estimate of drug-likeness (QED) is 0.0385. The highest BCUT2D eigenvalue weighted by atomic mass is 16.3. The number of hydrogen-bond acceptors (Lipinski definition) is 12. The van der Waals surface area contributed by atoms with Gasteiger partial charge >= 0.3 is 0 Å². The molecule has 3 aromatic rings. The van der Waals surface area contributed by atoms with Crippen LogP contribution in [0.4, 0.5) is 0 Å². The highest BCUT2D eigenvalue weighted by molar-refractivity contribution is 5.96. The average Bonchev–Trinajstić information content (AvgIpc) is 3.89. The number of carbonyl (C=O) groups excluding carboxylic acids is 9. The second-order valence-corrected chi connectivity index (χ2v) is 19.4. The third kappa shape index (κ3) is 18.8. The molecule has 0 aliphatic heterocycles. The molecule has 71 heavy (non-hydrogen) atoms. The molecule has 23 nitrogen and oxygen atoms in total. The summed E-state index contributed by atoms with van der Waals surface area (Å²) >= 11 is 0. The Bertz CT molecular complexity index is 2330. The zero-order valence-electron chi connectivity index (χ0n) is 42.2. The standard InChI is InChI=1S/C48H75N13O10/c1-25(2)16-34(38(62)20-40(64)55-35(43(51)66)17-26(3)4)57-47(70)37(19-30-22-52-24-61(30)9)56-41(65)23-60(8)48(71)42(27(5)6)59-44(67)28(7)54-46(69)36(58-45(68)32(49)14-15-39(50)63)18-29-21-53-33-13-11-10-12-31(29)33/h10-13,21-22,24-28,32,34-38,42,53,62H,14-20,23,49H2,1-9H3,(H2,50,63)(H2,51,66)(H,54,69)(H,55,64)(H,56,65)(H,57,70)(H,58,68)(H,59,67)/t28-,32-,34-,35-,36-,37-,38-,42-/m0/s1. The summed E-state index contributed by atoms with van der Waals surface area (Å²) in [5.41, 5.74) is 18.8. The van der Waals surface area contributed by atoms with E-state index in [4.69, 9.17) is 17.2 Å². The number of imidazole rings is 1. The molecule has 9 amide bonds. The largest absolute Gasteiger partial charge is 0.390 e. The zero-order chi connectivity index (χ0) is 53.3. The number of rotatable bonds is 29. The molecule has 3 rings (SSSR count). The molecule has 0 unspecified atom stereocenters. The number of H-pyrrole nitrogens is 1. The molecule has 0 saturated heterocycles. The van der Waals surface area contributed by atoms with Crippen LogP contribution in [0, 0.1) is 17.8 Å². The Morgan fingerprint density at radius 1 is 0.761 bits per heavy atom. The number of fused-ring (bicyclic) bond motifs is 1. The van der Waals surface area contributed by atoms with Crippen LogP contribution in [0.25, 0.3) is 10.9 Å². The number of aromatic amines is 1. The van der Waals surface area contributed by atoms with E-state index >= 15 is 0 Å². The van der Waals surface area contributed by atoms with Gasteiger partial charge in [0.05, 0.1) is 37.5 Å². The molecule has 0 aliphatic rings. The lowest BCUT2D eigenvalue weighted by atomic mass is 9.96. The van der Waals surface area contributed by atoms with Crippen LogP contribution >= 0.6 is 0 Å². The van der Waals surface area contributed by atoms with Crippen molar-refractivity contribution >= 4 is 64.1 Å². The molecule has 0 aliphatic carbocycles. The lowest BCUT2D eigenvalue weighted by molar-refractivity contribution is -0.140. The number of benzene rings is 1. The van der Waals surface area contributed by atoms with Gasteiger partial charge in [-0.1, -0.05) is 59.7 Å². The molecule has 0 bridgehead atoms. The number of nitrogens with one attached hydrogen (secondary N) is 7. The van der Waals surface area contributed by atoms with E-state index in [0.29, 0.717) is 17.7 Å². The van der Waals surface area contributed by atoms with Crippen LogP contribution in [0.2, 0.25) is 0 Å². The van der Waals surface area contributed by atoms with E-state index in [1.54, 1.807) is 31.7 Å². The number of para-hydroxylation sites is 1. The molecular formula is C48H75N13O10. The first-order chi connectivity index (χ1) is 33.3. The Balaban J connectivity index is 1.73. The number of amides is 9. The van der Waals surface area contributed by atoms with Crippen molar-refractivity contribution in [3.8, 4) is 0 Å². The Morgan fingerprint density at radius 2 is 1.38 bits per heavy atom. The predicted molar refractivity (Wildman–Crippen MR) is 264 cm³/mol. The number of hydrogen-bond donors (Lipinski definition) is 11. The number of aliphatic hydroxyl groups is 1. The minimum Gasteiger partial charge on any atom is -0.390 e. The normalized spacial score (nSPS) is 14.8. The Labute approximate surface area is 414 Å². The number of nitrogens with two attached hydrogens (primary N) is 3. The second-order valence-electron chi connectivity index (χ2n) is 19.4. The topological polar surface area (TPSA) is 361 Å². The van der Waals surface area contributed by atoms with Gasteiger partial charge in [0.1, 0.15) is 30.2 Å². The van der Waals surface area contributed by atoms with Crippen LogP contribution in [0.3, 0.4) is 0 Å². The molecule has 8 atom stereocenters. The van der Waals surface area contributed by atoms with Gasteiger partial charge in [0.2, 0.25) is 53.2 Å². The summed E-state index contributed by atoms with van der Waals surface area (Å²) in [4.78, 5) is 127. The summed E-state index contributed by atoms with van der Waals surface area (Å²) in [5, 5.41) is 28.0. The molecule has 0 saturated carbocycles. The van der Waals surface area contributed by atoms with Gasteiger partial charge in [-0.2, -0.15) is 0 Å². The van der Waals surface area contributed by atoms with E-state index in [1.165, 1.54) is 26.5 Å². The first-order valence-corrected chi connectivity index (χ1v) is 23.8. The minimum absolute atomic E-state index is 0.000928. The van der Waals surface area contributed by atoms with E-state index in [-0.39, 0.29) is 43.9 Å². The van der Waals surface area contributed by atoms with Gasteiger partial charge in [-0.3, -0.25) is 43.2 Å². The van der Waals surface area contributed by atoms with Crippen LogP contribution in [-0.2, 0) is 63.0 Å². The van der Waals surface area contributed by atoms with Crippen molar-refractivity contribution in [3.63, 3.8) is 0 Å². The van der Waals surface area contributed by atoms with Gasteiger partial charge in [-0.05, 0) is 55.6 Å². The molecule has 2 aromatic heterocycles. The number of aromatic nitrogens is 3. The summed E-state index contributed by atoms with van der Waals surface area (Å²) in [5.74, 6) is -6.80. The molecule has 14 N–H and O–H groups in total. The lowest BCUT2D eigenvalue weighted by Crippen LogP contribution is -2.59. The number of aliphatic hydroxyl groups excluding tert-OH is 1. The van der Waals surface area contributed by atoms with E-state index in [0.717, 1.165) is 15.8 Å². The number of nitrogens with zero attached hydrogens (tertiary/aromatic N) is 3. The summed E-state index contributed by atoms with van der Waals surface area (Å²) in [6.07, 6.45) is 3.18. The molecule has 0 spiro atoms. The number of aryl methyl sites for hydroxylation is 1. The average molecular weight is 994 g/mol. The maximum Gasteiger partial charge on any atom is 0.245 e. The first kappa shape index (κ1) is 58.4. The Morgan fingerprint density at radius 3 is 1.97 bits per heavy atom. The van der Waals surface area contributed by atoms with Crippen LogP contribution in [0.5, 0.6) is 0 Å². The molecule has 0 fully saturated rings. The van der Waals surface area contributed by atoms with Crippen LogP contribution in [-0.4, -0.2) is 140 Å². The van der Waals surface area contributed by atoms with E-state index in [1.807, 2.05) is 52.0 Å². The third-order valence-electron chi connectivity index (χ3n) is 11.8. The summed E-state index contributed by atoms with van der Waals surface area (Å²) in [6.45, 7) is 11.7. The fourth-order valence-corrected chi connectivity index (χ4v) is 7.79. The second kappa shape index (κ2) is 27.5. The summed E-state index contributed by atoms with van der Waals surface area (Å²) in [7, 11) is 3.05. The molecule has 392 valence electrons. The van der Waals surface area contributed by atoms with E-state index in [9.17, 15) is 48.3 Å². The highest BCUT2D eigenvalue weighted by Crippen LogP contribution is 2.20. The van der Waals surface area contributed by atoms with Gasteiger partial charge in [0.25, 0.3) is 0 Å². The Hall–Kier alpha value is -6.88. The van der Waals surface area contributed by atoms with Crippen LogP contribution in [0.1, 0.15) is 91.8 Å². The Kier molecular flexibility index (Phi) is 22.6. The fourth-order valence-electron chi connectivity index (χ4n) is 7.79. The number of primary amides is 2. The van der Waals surface area contributed by atoms with Crippen molar-refractivity contribution in [2.45, 2.75) is 142 Å². The van der Waals surface area contributed by atoms with Gasteiger partial charge in [-0.25, -0.2) is 4.98 Å². The fraction of sp³-hybridized carbons (Fsp3) is 0.583. The zero-order valence-corrected chi connectivity index (χ0v) is 42.2. The summed E-state index contributed by atoms with van der Waals surface area (Å²) in [6, 6.07) is -0.596. The van der Waals surface area contributed by atoms with Gasteiger partial charge < -0.3 is 68.7 Å². The maximum absolute atomic E-state index is 14.0. The van der Waals surface area contributed by atoms with Crippen molar-refractivity contribution in [1.29, 1.82) is 0 Å². The molecule has 2 heterocycles. The molecule has 1 aromatic carbocycles. The SMILES string of the molecule is CC(C)C[C@H](NC(=O)C[C@H](O)[C@H](CC(C)C)NC(=O)[C@H](Cc1cncn1C)NC(=O)CN(C)C(=O)[C@@H](NC(=O)[C@H](C)NC(=O)[C@H](Cc1c[nH]c2ccccc12)NC(=O)[C@@H](N)CCC(N)=O)C(C)C)C(N)=O. The molecule has 0 radical (unpaired) electrons. The van der Waals surface area contributed by atoms with E-state index < -0.39 is 120 Å². The van der Waals surface area contributed by atoms with Crippen molar-refractivity contribution in [3.05, 3.63) is 54.2 Å². The van der Waals surface area contributed by atoms with Gasteiger partial charge in [0, 0.05) is 62.3 Å². The predicted octanol–water partition coefficient (Wildman–Crippen LogP) is -1.35. The smallest absolute Gasteiger partial charge is 0.245 e. The first-order valence-electron chi connectivity index (χ1n) is 23.8. The van der Waals surface area contributed by atoms with Crippen molar-refractivity contribution in [1.82, 2.24) is 51.3 Å². The number of likely N-dealkylation sites (N-methyl/N-ethyl adjacent to an activating group) is 1. The van der Waals surface area contributed by atoms with Crippen molar-refractivity contribution in [2.75, 3.05) is 13.6 Å². The van der Waals surface area contributed by atoms with Crippen LogP contribution in [0.15, 0.2) is 43.0 Å². The molecular weight excluding hydrogens is 919 g/mol. The maximum atomic E-state index is 14.0. The highest BCUT2D eigenvalue weighted by Gasteiger charge is 2.34. The van der Waals surface area contributed by atoms with Gasteiger partial charge in [0.15, 0.2) is 0 Å². The van der Waals surface area contributed by atoms with Gasteiger partial charge in [-0.15, -0.1) is 0 Å². The number of carbonyl (C=O) groups is 9. The third-order valence-corrected chi connectivity index (χ3v) is 11.8. The van der Waals surface area contributed by atoms with Crippen molar-refractivity contribution < 1.29 is 48.3 Å². The van der Waals surface area contributed by atoms with E-state index in [2.05, 4.69) is 41.9 Å². The summed E-state index contributed by atoms with van der Waals surface area (Å²) < 4.78 is 1.66.